The number of pyridine rings is 1. The van der Waals surface area contributed by atoms with Gasteiger partial charge in [-0.3, -0.25) is 4.57 Å². The maximum atomic E-state index is 6.91. The first-order valence-electron chi connectivity index (χ1n) is 25.4. The Morgan fingerprint density at radius 1 is 0.380 bits per heavy atom. The molecule has 0 radical (unpaired) electrons. The highest BCUT2D eigenvalue weighted by Gasteiger charge is 2.32. The quantitative estimate of drug-likeness (QED) is 0.144. The summed E-state index contributed by atoms with van der Waals surface area (Å²) in [7, 11) is 0. The van der Waals surface area contributed by atoms with Crippen molar-refractivity contribution in [1.82, 2.24) is 9.55 Å². The van der Waals surface area contributed by atoms with Crippen LogP contribution >= 0.6 is 0 Å². The van der Waals surface area contributed by atoms with Gasteiger partial charge in [-0.15, -0.1) is 0 Å². The highest BCUT2D eigenvalue weighted by atomic mass is 16.5. The van der Waals surface area contributed by atoms with E-state index < -0.39 is 0 Å². The zero-order chi connectivity index (χ0) is 50.3. The van der Waals surface area contributed by atoms with Crippen molar-refractivity contribution in [3.8, 4) is 17.3 Å². The third-order valence-electron chi connectivity index (χ3n) is 15.2. The van der Waals surface area contributed by atoms with Gasteiger partial charge in [0, 0.05) is 51.3 Å². The summed E-state index contributed by atoms with van der Waals surface area (Å²) in [5.41, 5.74) is 15.4. The molecule has 0 saturated carbocycles. The number of aromatic nitrogens is 2. The third-order valence-corrected chi connectivity index (χ3v) is 15.2. The van der Waals surface area contributed by atoms with Crippen molar-refractivity contribution in [1.29, 1.82) is 0 Å². The number of hydrogen-bond donors (Lipinski definition) is 0. The van der Waals surface area contributed by atoms with Gasteiger partial charge < -0.3 is 14.5 Å². The molecule has 360 valence electrons. The van der Waals surface area contributed by atoms with Gasteiger partial charge in [0.05, 0.1) is 22.4 Å². The monoisotopic (exact) mass is 935 g/mol. The second-order valence-electron chi connectivity index (χ2n) is 23.9. The average Bonchev–Trinajstić information content (AvgIpc) is 3.89. The van der Waals surface area contributed by atoms with Gasteiger partial charge in [0.1, 0.15) is 24.0 Å². The van der Waals surface area contributed by atoms with Crippen LogP contribution in [0.5, 0.6) is 11.5 Å². The summed E-state index contributed by atoms with van der Waals surface area (Å²) in [6.07, 6.45) is 1.97. The van der Waals surface area contributed by atoms with Crippen molar-refractivity contribution in [3.63, 3.8) is 0 Å². The summed E-state index contributed by atoms with van der Waals surface area (Å²) in [5, 5.41) is 2.33. The van der Waals surface area contributed by atoms with Gasteiger partial charge in [-0.2, -0.15) is 0 Å². The Hall–Kier alpha value is -7.11. The summed E-state index contributed by atoms with van der Waals surface area (Å²) in [6.45, 7) is 30.6. The van der Waals surface area contributed by atoms with E-state index in [1.807, 2.05) is 6.20 Å². The fourth-order valence-electron chi connectivity index (χ4n) is 10.3. The maximum absolute atomic E-state index is 6.91. The van der Waals surface area contributed by atoms with Gasteiger partial charge in [-0.1, -0.05) is 175 Å². The van der Waals surface area contributed by atoms with E-state index in [1.54, 1.807) is 0 Å². The van der Waals surface area contributed by atoms with Crippen LogP contribution in [-0.2, 0) is 27.1 Å². The van der Waals surface area contributed by atoms with Crippen molar-refractivity contribution >= 4 is 44.6 Å². The first-order chi connectivity index (χ1) is 33.6. The molecule has 0 aliphatic carbocycles. The van der Waals surface area contributed by atoms with Crippen molar-refractivity contribution in [2.45, 2.75) is 117 Å². The van der Waals surface area contributed by atoms with Gasteiger partial charge >= 0.3 is 0 Å². The normalized spacial score (nSPS) is 13.6. The number of para-hydroxylation sites is 2. The number of hydrogen-bond acceptors (Lipinski definition) is 4. The molecule has 3 heterocycles. The summed E-state index contributed by atoms with van der Waals surface area (Å²) >= 11 is 0. The van der Waals surface area contributed by atoms with Crippen LogP contribution in [0.4, 0.5) is 22.7 Å². The molecule has 0 atom stereocenters. The predicted molar refractivity (Wildman–Crippen MR) is 300 cm³/mol. The minimum Gasteiger partial charge on any atom is -0.457 e. The van der Waals surface area contributed by atoms with Crippen LogP contribution in [0.25, 0.3) is 27.6 Å². The smallest absolute Gasteiger partial charge is 0.137 e. The largest absolute Gasteiger partial charge is 0.457 e. The Bertz CT molecular complexity index is 3400. The summed E-state index contributed by atoms with van der Waals surface area (Å²) in [5.74, 6) is 2.41. The second-order valence-corrected chi connectivity index (χ2v) is 23.9. The summed E-state index contributed by atoms with van der Waals surface area (Å²) < 4.78 is 9.23. The Morgan fingerprint density at radius 3 is 1.56 bits per heavy atom. The third kappa shape index (κ3) is 8.90. The molecule has 9 aromatic rings. The number of anilines is 4. The van der Waals surface area contributed by atoms with E-state index in [0.717, 1.165) is 39.4 Å². The Kier molecular flexibility index (Phi) is 11.6. The molecule has 0 amide bonds. The number of rotatable bonds is 9. The molecule has 0 unspecified atom stereocenters. The van der Waals surface area contributed by atoms with Gasteiger partial charge in [-0.05, 0) is 128 Å². The number of fused-ring (bicyclic) bond motifs is 4. The van der Waals surface area contributed by atoms with E-state index in [2.05, 4.69) is 274 Å². The van der Waals surface area contributed by atoms with E-state index in [-0.39, 0.29) is 27.1 Å². The van der Waals surface area contributed by atoms with Crippen LogP contribution in [0.1, 0.15) is 129 Å². The zero-order valence-corrected chi connectivity index (χ0v) is 44.1. The molecular formula is C66H70N4O. The number of benzene rings is 7. The topological polar surface area (TPSA) is 33.5 Å². The SMILES string of the molecule is CC(C)(C)c1ccc(C(C)(C)c2ccnc(-n3c4ccc(C(C)(C)c5ccccc5)cc4c4ccc(Oc5cccc(N6CN(c7cc(C(C)(C)C)cc(C(C)(C)C)c7)c7ccccc76)c5)cc43)c2)cc1. The molecule has 2 aromatic heterocycles. The minimum atomic E-state index is -0.266. The van der Waals surface area contributed by atoms with E-state index in [4.69, 9.17) is 9.72 Å². The lowest BCUT2D eigenvalue weighted by Gasteiger charge is -2.29. The van der Waals surface area contributed by atoms with Gasteiger partial charge in [0.15, 0.2) is 0 Å². The first-order valence-corrected chi connectivity index (χ1v) is 25.4. The lowest BCUT2D eigenvalue weighted by molar-refractivity contribution is 0.483. The highest BCUT2D eigenvalue weighted by molar-refractivity contribution is 6.10. The van der Waals surface area contributed by atoms with E-state index >= 15 is 0 Å². The summed E-state index contributed by atoms with van der Waals surface area (Å²) in [4.78, 5) is 9.97. The van der Waals surface area contributed by atoms with Crippen LogP contribution in [0.2, 0.25) is 0 Å². The van der Waals surface area contributed by atoms with Crippen LogP contribution in [0.3, 0.4) is 0 Å². The predicted octanol–water partition coefficient (Wildman–Crippen LogP) is 17.8. The molecule has 1 aliphatic rings. The van der Waals surface area contributed by atoms with E-state index in [1.165, 1.54) is 61.4 Å². The standard InChI is InChI=1S/C66H70N4O/c1-62(2,3)44-26-28-46(29-27-44)66(12,13)48-34-35-67-61(40-48)70-57-33-30-47(65(10,11)45-20-15-14-16-21-45)39-56(57)55-32-31-54(42-60(55)70)71-53-23-19-22-51(41-53)68-43-69(59-25-18-17-24-58(59)68)52-37-49(63(4,5)6)36-50(38-52)64(7,8)9/h14-42H,43H2,1-13H3. The van der Waals surface area contributed by atoms with Crippen LogP contribution in [0.15, 0.2) is 176 Å². The molecular weight excluding hydrogens is 865 g/mol. The fourth-order valence-corrected chi connectivity index (χ4v) is 10.3. The molecule has 5 heteroatoms. The lowest BCUT2D eigenvalue weighted by Crippen LogP contribution is -2.25. The molecule has 0 bridgehead atoms. The zero-order valence-electron chi connectivity index (χ0n) is 44.1. The average molecular weight is 935 g/mol. The van der Waals surface area contributed by atoms with Crippen LogP contribution < -0.4 is 14.5 Å². The molecule has 7 aromatic carbocycles. The molecule has 5 nitrogen and oxygen atoms in total. The van der Waals surface area contributed by atoms with Crippen molar-refractivity contribution in [2.24, 2.45) is 0 Å². The van der Waals surface area contributed by atoms with Crippen molar-refractivity contribution in [2.75, 3.05) is 16.5 Å². The molecule has 0 spiro atoms. The van der Waals surface area contributed by atoms with Gasteiger partial charge in [-0.25, -0.2) is 4.98 Å². The molecule has 1 aliphatic heterocycles. The Labute approximate surface area is 422 Å². The van der Waals surface area contributed by atoms with Gasteiger partial charge in [0.25, 0.3) is 0 Å². The van der Waals surface area contributed by atoms with E-state index in [9.17, 15) is 0 Å². The Morgan fingerprint density at radius 2 is 0.930 bits per heavy atom. The van der Waals surface area contributed by atoms with Crippen molar-refractivity contribution in [3.05, 3.63) is 215 Å². The van der Waals surface area contributed by atoms with Gasteiger partial charge in [0.2, 0.25) is 0 Å². The molecule has 0 saturated heterocycles. The lowest BCUT2D eigenvalue weighted by atomic mass is 9.77. The summed E-state index contributed by atoms with van der Waals surface area (Å²) in [6, 6.07) is 62.3. The fraction of sp³-hybridized carbons (Fsp3) is 0.288. The molecule has 10 rings (SSSR count). The molecule has 0 N–H and O–H groups in total. The molecule has 71 heavy (non-hydrogen) atoms. The van der Waals surface area contributed by atoms with Crippen LogP contribution in [-0.4, -0.2) is 16.2 Å². The maximum Gasteiger partial charge on any atom is 0.137 e. The Balaban J connectivity index is 1.04. The van der Waals surface area contributed by atoms with Crippen molar-refractivity contribution < 1.29 is 4.74 Å². The molecule has 0 fully saturated rings. The first kappa shape index (κ1) is 47.6. The minimum absolute atomic E-state index is 0.0110. The highest BCUT2D eigenvalue weighted by Crippen LogP contribution is 2.47. The second kappa shape index (κ2) is 17.3. The number of nitrogens with zero attached hydrogens (tertiary/aromatic N) is 4. The number of ether oxygens (including phenoxy) is 1. The van der Waals surface area contributed by atoms with E-state index in [0.29, 0.717) is 6.67 Å². The van der Waals surface area contributed by atoms with Crippen LogP contribution in [0, 0.1) is 0 Å².